The van der Waals surface area contributed by atoms with Crippen molar-refractivity contribution in [3.8, 4) is 0 Å². The minimum Gasteiger partial charge on any atom is -0.481 e. The SMILES string of the molecule is CC(C)C(=O)c1ccc(S(=O)(=O)N2CCC(C(=O)O)c3ccccc32)cc1. The minimum absolute atomic E-state index is 0.0495. The van der Waals surface area contributed by atoms with Gasteiger partial charge in [0.15, 0.2) is 5.78 Å². The highest BCUT2D eigenvalue weighted by atomic mass is 32.2. The van der Waals surface area contributed by atoms with Crippen LogP contribution >= 0.6 is 0 Å². The highest BCUT2D eigenvalue weighted by Gasteiger charge is 2.35. The van der Waals surface area contributed by atoms with Crippen LogP contribution in [0.3, 0.4) is 0 Å². The number of aliphatic carboxylic acids is 1. The second kappa shape index (κ2) is 7.15. The molecule has 0 spiro atoms. The van der Waals surface area contributed by atoms with Gasteiger partial charge in [0.25, 0.3) is 10.0 Å². The number of carbonyl (C=O) groups excluding carboxylic acids is 1. The zero-order valence-corrected chi connectivity index (χ0v) is 15.9. The Kier molecular flexibility index (Phi) is 5.06. The molecule has 1 heterocycles. The lowest BCUT2D eigenvalue weighted by Gasteiger charge is -2.33. The van der Waals surface area contributed by atoms with Crippen molar-refractivity contribution in [3.05, 3.63) is 59.7 Å². The van der Waals surface area contributed by atoms with E-state index in [2.05, 4.69) is 0 Å². The standard InChI is InChI=1S/C20H21NO5S/c1-13(2)19(22)14-7-9-15(10-8-14)27(25,26)21-12-11-17(20(23)24)16-5-3-4-6-18(16)21/h3-10,13,17H,11-12H2,1-2H3,(H,23,24). The van der Waals surface area contributed by atoms with Gasteiger partial charge >= 0.3 is 5.97 Å². The van der Waals surface area contributed by atoms with Crippen molar-refractivity contribution in [1.29, 1.82) is 0 Å². The van der Waals surface area contributed by atoms with Gasteiger partial charge in [-0.3, -0.25) is 13.9 Å². The van der Waals surface area contributed by atoms with E-state index in [1.165, 1.54) is 28.6 Å². The summed E-state index contributed by atoms with van der Waals surface area (Å²) in [4.78, 5) is 23.6. The average molecular weight is 387 g/mol. The first-order chi connectivity index (χ1) is 12.7. The molecular formula is C20H21NO5S. The summed E-state index contributed by atoms with van der Waals surface area (Å²) in [5.74, 6) is -1.91. The predicted molar refractivity (Wildman–Crippen MR) is 102 cm³/mol. The Balaban J connectivity index is 1.99. The van der Waals surface area contributed by atoms with Crippen molar-refractivity contribution < 1.29 is 23.1 Å². The maximum Gasteiger partial charge on any atom is 0.311 e. The molecule has 0 bridgehead atoms. The number of anilines is 1. The molecular weight excluding hydrogens is 366 g/mol. The molecule has 7 heteroatoms. The van der Waals surface area contributed by atoms with Gasteiger partial charge in [-0.25, -0.2) is 8.42 Å². The van der Waals surface area contributed by atoms with E-state index in [-0.39, 0.29) is 29.6 Å². The van der Waals surface area contributed by atoms with Crippen molar-refractivity contribution in [2.24, 2.45) is 5.92 Å². The van der Waals surface area contributed by atoms with Gasteiger partial charge in [0, 0.05) is 18.0 Å². The van der Waals surface area contributed by atoms with E-state index in [4.69, 9.17) is 0 Å². The number of ketones is 1. The van der Waals surface area contributed by atoms with Gasteiger partial charge in [0.1, 0.15) is 0 Å². The van der Waals surface area contributed by atoms with E-state index in [1.54, 1.807) is 38.1 Å². The Morgan fingerprint density at radius 2 is 1.70 bits per heavy atom. The molecule has 27 heavy (non-hydrogen) atoms. The van der Waals surface area contributed by atoms with Crippen molar-refractivity contribution in [2.45, 2.75) is 31.1 Å². The minimum atomic E-state index is -3.86. The maximum atomic E-state index is 13.1. The first kappa shape index (κ1) is 19.1. The molecule has 1 N–H and O–H groups in total. The number of sulfonamides is 1. The Labute approximate surface area is 158 Å². The van der Waals surface area contributed by atoms with Gasteiger partial charge in [-0.2, -0.15) is 0 Å². The molecule has 0 saturated carbocycles. The van der Waals surface area contributed by atoms with E-state index in [1.807, 2.05) is 0 Å². The summed E-state index contributed by atoms with van der Waals surface area (Å²) in [7, 11) is -3.86. The Bertz CT molecular complexity index is 980. The molecule has 0 aromatic heterocycles. The van der Waals surface area contributed by atoms with Gasteiger partial charge in [-0.1, -0.05) is 44.2 Å². The molecule has 1 aliphatic rings. The van der Waals surface area contributed by atoms with Gasteiger partial charge in [0.2, 0.25) is 0 Å². The van der Waals surface area contributed by atoms with Crippen LogP contribution in [-0.2, 0) is 14.8 Å². The van der Waals surface area contributed by atoms with E-state index >= 15 is 0 Å². The molecule has 2 aromatic carbocycles. The lowest BCUT2D eigenvalue weighted by atomic mass is 9.91. The number of para-hydroxylation sites is 1. The molecule has 0 fully saturated rings. The fraction of sp³-hybridized carbons (Fsp3) is 0.300. The molecule has 0 amide bonds. The highest BCUT2D eigenvalue weighted by molar-refractivity contribution is 7.92. The zero-order chi connectivity index (χ0) is 19.8. The molecule has 1 unspecified atom stereocenters. The number of rotatable bonds is 5. The number of carboxylic acid groups (broad SMARTS) is 1. The summed E-state index contributed by atoms with van der Waals surface area (Å²) >= 11 is 0. The number of Topliss-reactive ketones (excluding diaryl/α,β-unsaturated/α-hetero) is 1. The Morgan fingerprint density at radius 1 is 1.07 bits per heavy atom. The van der Waals surface area contributed by atoms with Crippen LogP contribution in [0.1, 0.15) is 42.1 Å². The summed E-state index contributed by atoms with van der Waals surface area (Å²) in [5.41, 5.74) is 1.35. The van der Waals surface area contributed by atoms with Crippen LogP contribution in [-0.4, -0.2) is 31.8 Å². The molecule has 0 aliphatic carbocycles. The normalized spacial score (nSPS) is 16.9. The number of carbonyl (C=O) groups is 2. The first-order valence-electron chi connectivity index (χ1n) is 8.72. The van der Waals surface area contributed by atoms with Crippen LogP contribution in [0.15, 0.2) is 53.4 Å². The van der Waals surface area contributed by atoms with Crippen molar-refractivity contribution in [2.75, 3.05) is 10.8 Å². The van der Waals surface area contributed by atoms with Crippen molar-refractivity contribution in [1.82, 2.24) is 0 Å². The lowest BCUT2D eigenvalue weighted by Crippen LogP contribution is -2.38. The highest BCUT2D eigenvalue weighted by Crippen LogP contribution is 2.38. The van der Waals surface area contributed by atoms with E-state index < -0.39 is 21.9 Å². The number of fused-ring (bicyclic) bond motifs is 1. The van der Waals surface area contributed by atoms with Crippen LogP contribution in [0, 0.1) is 5.92 Å². The maximum absolute atomic E-state index is 13.1. The second-order valence-electron chi connectivity index (χ2n) is 6.86. The van der Waals surface area contributed by atoms with Gasteiger partial charge in [-0.15, -0.1) is 0 Å². The van der Waals surface area contributed by atoms with Crippen molar-refractivity contribution in [3.63, 3.8) is 0 Å². The van der Waals surface area contributed by atoms with E-state index in [0.29, 0.717) is 16.8 Å². The average Bonchev–Trinajstić information content (AvgIpc) is 2.66. The van der Waals surface area contributed by atoms with Gasteiger partial charge < -0.3 is 5.11 Å². The molecule has 142 valence electrons. The molecule has 3 rings (SSSR count). The summed E-state index contributed by atoms with van der Waals surface area (Å²) in [5, 5.41) is 9.42. The molecule has 6 nitrogen and oxygen atoms in total. The van der Waals surface area contributed by atoms with Crippen LogP contribution < -0.4 is 4.31 Å². The third kappa shape index (κ3) is 3.47. The predicted octanol–water partition coefficient (Wildman–Crippen LogP) is 3.29. The summed E-state index contributed by atoms with van der Waals surface area (Å²) < 4.78 is 27.5. The monoisotopic (exact) mass is 387 g/mol. The Morgan fingerprint density at radius 3 is 2.30 bits per heavy atom. The fourth-order valence-electron chi connectivity index (χ4n) is 3.29. The molecule has 2 aromatic rings. The number of nitrogens with zero attached hydrogens (tertiary/aromatic N) is 1. The van der Waals surface area contributed by atoms with E-state index in [9.17, 15) is 23.1 Å². The third-order valence-corrected chi connectivity index (χ3v) is 6.58. The number of hydrogen-bond donors (Lipinski definition) is 1. The molecule has 1 atom stereocenters. The topological polar surface area (TPSA) is 91.8 Å². The first-order valence-corrected chi connectivity index (χ1v) is 10.2. The Hall–Kier alpha value is -2.67. The largest absolute Gasteiger partial charge is 0.481 e. The van der Waals surface area contributed by atoms with Crippen LogP contribution in [0.25, 0.3) is 0 Å². The number of carboxylic acids is 1. The van der Waals surface area contributed by atoms with Crippen molar-refractivity contribution >= 4 is 27.5 Å². The third-order valence-electron chi connectivity index (χ3n) is 4.75. The van der Waals surface area contributed by atoms with Gasteiger partial charge in [0.05, 0.1) is 16.5 Å². The van der Waals surface area contributed by atoms with Crippen LogP contribution in [0.4, 0.5) is 5.69 Å². The quantitative estimate of drug-likeness (QED) is 0.795. The smallest absolute Gasteiger partial charge is 0.311 e. The number of benzene rings is 2. The van der Waals surface area contributed by atoms with Crippen LogP contribution in [0.5, 0.6) is 0 Å². The second-order valence-corrected chi connectivity index (χ2v) is 8.72. The number of hydrogen-bond acceptors (Lipinski definition) is 4. The zero-order valence-electron chi connectivity index (χ0n) is 15.1. The molecule has 0 radical (unpaired) electrons. The summed E-state index contributed by atoms with van der Waals surface area (Å²) in [6, 6.07) is 12.6. The van der Waals surface area contributed by atoms with Crippen LogP contribution in [0.2, 0.25) is 0 Å². The van der Waals surface area contributed by atoms with E-state index in [0.717, 1.165) is 0 Å². The molecule has 0 saturated heterocycles. The summed E-state index contributed by atoms with van der Waals surface area (Å²) in [6.45, 7) is 3.66. The lowest BCUT2D eigenvalue weighted by molar-refractivity contribution is -0.139. The molecule has 1 aliphatic heterocycles. The summed E-state index contributed by atoms with van der Waals surface area (Å²) in [6.07, 6.45) is 0.204. The fourth-order valence-corrected chi connectivity index (χ4v) is 4.80. The van der Waals surface area contributed by atoms with Gasteiger partial charge in [-0.05, 0) is 30.2 Å².